The molecule has 2 N–H and O–H groups in total. The van der Waals surface area contributed by atoms with Crippen molar-refractivity contribution in [2.75, 3.05) is 6.54 Å². The minimum atomic E-state index is 1.01. The highest BCUT2D eigenvalue weighted by Gasteiger charge is 2.14. The quantitative estimate of drug-likeness (QED) is 0.557. The Balaban J connectivity index is 2.36. The standard InChI is InChI=1S/C11H13BN2/c12-9-3-1-2-7-8-6-13-5-4-10(8)14-11(7)9/h1-3,13-14H,4-6,12H2. The van der Waals surface area contributed by atoms with Crippen LogP contribution >= 0.6 is 0 Å². The van der Waals surface area contributed by atoms with Gasteiger partial charge in [-0.25, -0.2) is 0 Å². The third-order valence-electron chi connectivity index (χ3n) is 3.09. The van der Waals surface area contributed by atoms with Crippen LogP contribution in [0.3, 0.4) is 0 Å². The number of nitrogens with one attached hydrogen (secondary N) is 2. The van der Waals surface area contributed by atoms with Crippen molar-refractivity contribution in [3.8, 4) is 0 Å². The first-order chi connectivity index (χ1) is 6.86. The third kappa shape index (κ3) is 1.02. The maximum absolute atomic E-state index is 3.54. The Morgan fingerprint density at radius 3 is 3.14 bits per heavy atom. The zero-order chi connectivity index (χ0) is 9.54. The fourth-order valence-corrected chi connectivity index (χ4v) is 2.32. The molecule has 0 spiro atoms. The summed E-state index contributed by atoms with van der Waals surface area (Å²) in [6, 6.07) is 6.52. The Hall–Kier alpha value is -1.22. The molecule has 2 heterocycles. The Morgan fingerprint density at radius 1 is 1.29 bits per heavy atom. The maximum atomic E-state index is 3.54. The first-order valence-electron chi connectivity index (χ1n) is 5.16. The zero-order valence-corrected chi connectivity index (χ0v) is 8.35. The van der Waals surface area contributed by atoms with Gasteiger partial charge in [0.2, 0.25) is 0 Å². The molecule has 0 atom stereocenters. The van der Waals surface area contributed by atoms with Gasteiger partial charge in [-0.05, 0) is 5.56 Å². The number of para-hydroxylation sites is 1. The number of aromatic amines is 1. The van der Waals surface area contributed by atoms with Crippen LogP contribution < -0.4 is 10.8 Å². The average molecular weight is 184 g/mol. The minimum Gasteiger partial charge on any atom is -0.359 e. The van der Waals surface area contributed by atoms with Crippen LogP contribution in [0.5, 0.6) is 0 Å². The monoisotopic (exact) mass is 184 g/mol. The molecule has 2 aromatic rings. The lowest BCUT2D eigenvalue weighted by molar-refractivity contribution is 0.641. The van der Waals surface area contributed by atoms with Crippen molar-refractivity contribution in [2.24, 2.45) is 0 Å². The number of rotatable bonds is 0. The molecule has 14 heavy (non-hydrogen) atoms. The van der Waals surface area contributed by atoms with Gasteiger partial charge < -0.3 is 10.3 Å². The lowest BCUT2D eigenvalue weighted by Gasteiger charge is -2.12. The van der Waals surface area contributed by atoms with Gasteiger partial charge in [-0.15, -0.1) is 0 Å². The summed E-state index contributed by atoms with van der Waals surface area (Å²) in [6.45, 7) is 2.11. The molecule has 70 valence electrons. The molecule has 0 saturated carbocycles. The highest BCUT2D eigenvalue weighted by Crippen LogP contribution is 2.23. The molecule has 0 amide bonds. The Labute approximate surface area is 84.1 Å². The second-order valence-electron chi connectivity index (χ2n) is 4.01. The Morgan fingerprint density at radius 2 is 2.21 bits per heavy atom. The molecule has 0 aliphatic carbocycles. The normalized spacial score (nSPS) is 15.7. The van der Waals surface area contributed by atoms with Crippen LogP contribution in [0.4, 0.5) is 0 Å². The average Bonchev–Trinajstić information content (AvgIpc) is 2.59. The molecular formula is C11H13BN2. The smallest absolute Gasteiger partial charge is 0.142 e. The van der Waals surface area contributed by atoms with E-state index in [0.717, 1.165) is 19.5 Å². The summed E-state index contributed by atoms with van der Waals surface area (Å²) in [5.74, 6) is 0. The van der Waals surface area contributed by atoms with Crippen LogP contribution in [0.1, 0.15) is 11.3 Å². The van der Waals surface area contributed by atoms with Crippen LogP contribution in [0.2, 0.25) is 0 Å². The third-order valence-corrected chi connectivity index (χ3v) is 3.09. The van der Waals surface area contributed by atoms with E-state index in [1.165, 1.54) is 27.6 Å². The molecular weight excluding hydrogens is 171 g/mol. The van der Waals surface area contributed by atoms with Gasteiger partial charge in [-0.1, -0.05) is 23.7 Å². The van der Waals surface area contributed by atoms with Crippen LogP contribution in [-0.4, -0.2) is 19.4 Å². The molecule has 1 aromatic heterocycles. The van der Waals surface area contributed by atoms with Gasteiger partial charge in [0, 0.05) is 36.1 Å². The van der Waals surface area contributed by atoms with Crippen LogP contribution in [-0.2, 0) is 13.0 Å². The van der Waals surface area contributed by atoms with Gasteiger partial charge in [-0.2, -0.15) is 0 Å². The number of hydrogen-bond donors (Lipinski definition) is 2. The largest absolute Gasteiger partial charge is 0.359 e. The van der Waals surface area contributed by atoms with E-state index in [1.807, 2.05) is 0 Å². The number of H-pyrrole nitrogens is 1. The van der Waals surface area contributed by atoms with E-state index >= 15 is 0 Å². The lowest BCUT2D eigenvalue weighted by Crippen LogP contribution is -2.22. The maximum Gasteiger partial charge on any atom is 0.142 e. The predicted octanol–water partition coefficient (Wildman–Crippen LogP) is 0.0720. The fraction of sp³-hybridized carbons (Fsp3) is 0.273. The highest BCUT2D eigenvalue weighted by atomic mass is 14.9. The molecule has 1 aromatic carbocycles. The molecule has 3 heteroatoms. The van der Waals surface area contributed by atoms with Crippen LogP contribution in [0.25, 0.3) is 10.9 Å². The van der Waals surface area contributed by atoms with Crippen molar-refractivity contribution < 1.29 is 0 Å². The van der Waals surface area contributed by atoms with Gasteiger partial charge in [0.25, 0.3) is 0 Å². The molecule has 0 fully saturated rings. The van der Waals surface area contributed by atoms with E-state index in [9.17, 15) is 0 Å². The summed E-state index contributed by atoms with van der Waals surface area (Å²) in [6.07, 6.45) is 1.13. The Kier molecular flexibility index (Phi) is 1.68. The van der Waals surface area contributed by atoms with E-state index < -0.39 is 0 Å². The minimum absolute atomic E-state index is 1.01. The van der Waals surface area contributed by atoms with E-state index in [1.54, 1.807) is 0 Å². The van der Waals surface area contributed by atoms with Gasteiger partial charge in [0.05, 0.1) is 0 Å². The first kappa shape index (κ1) is 8.12. The summed E-state index contributed by atoms with van der Waals surface area (Å²) in [4.78, 5) is 3.54. The van der Waals surface area contributed by atoms with Crippen molar-refractivity contribution in [2.45, 2.75) is 13.0 Å². The molecule has 3 rings (SSSR count). The van der Waals surface area contributed by atoms with Crippen molar-refractivity contribution in [3.05, 3.63) is 29.5 Å². The zero-order valence-electron chi connectivity index (χ0n) is 8.35. The van der Waals surface area contributed by atoms with E-state index in [0.29, 0.717) is 0 Å². The van der Waals surface area contributed by atoms with Gasteiger partial charge in [0.1, 0.15) is 7.85 Å². The predicted molar refractivity (Wildman–Crippen MR) is 61.9 cm³/mol. The summed E-state index contributed by atoms with van der Waals surface area (Å²) in [7, 11) is 2.16. The summed E-state index contributed by atoms with van der Waals surface area (Å²) >= 11 is 0. The molecule has 1 aliphatic heterocycles. The van der Waals surface area contributed by atoms with E-state index in [2.05, 4.69) is 36.3 Å². The molecule has 0 radical (unpaired) electrons. The molecule has 0 bridgehead atoms. The molecule has 0 unspecified atom stereocenters. The van der Waals surface area contributed by atoms with Crippen LogP contribution in [0.15, 0.2) is 18.2 Å². The van der Waals surface area contributed by atoms with Crippen LogP contribution in [0, 0.1) is 0 Å². The second kappa shape index (κ2) is 2.89. The van der Waals surface area contributed by atoms with Gasteiger partial charge in [0.15, 0.2) is 0 Å². The first-order valence-corrected chi connectivity index (χ1v) is 5.16. The Bertz CT molecular complexity index is 487. The molecule has 0 saturated heterocycles. The van der Waals surface area contributed by atoms with Crippen molar-refractivity contribution in [3.63, 3.8) is 0 Å². The number of aromatic nitrogens is 1. The second-order valence-corrected chi connectivity index (χ2v) is 4.01. The van der Waals surface area contributed by atoms with Gasteiger partial charge >= 0.3 is 0 Å². The van der Waals surface area contributed by atoms with Crippen molar-refractivity contribution in [1.82, 2.24) is 10.3 Å². The topological polar surface area (TPSA) is 27.8 Å². The van der Waals surface area contributed by atoms with E-state index in [4.69, 9.17) is 0 Å². The summed E-state index contributed by atoms with van der Waals surface area (Å²) < 4.78 is 0. The number of fused-ring (bicyclic) bond motifs is 3. The lowest BCUT2D eigenvalue weighted by atomic mass is 9.93. The number of benzene rings is 1. The highest BCUT2D eigenvalue weighted by molar-refractivity contribution is 6.38. The van der Waals surface area contributed by atoms with E-state index in [-0.39, 0.29) is 0 Å². The fourth-order valence-electron chi connectivity index (χ4n) is 2.32. The molecule has 2 nitrogen and oxygen atoms in total. The van der Waals surface area contributed by atoms with Gasteiger partial charge in [-0.3, -0.25) is 0 Å². The number of hydrogen-bond acceptors (Lipinski definition) is 1. The molecule has 1 aliphatic rings. The summed E-state index contributed by atoms with van der Waals surface area (Å²) in [5, 5.41) is 4.81. The van der Waals surface area contributed by atoms with Crippen molar-refractivity contribution >= 4 is 24.2 Å². The summed E-state index contributed by atoms with van der Waals surface area (Å²) in [5.41, 5.74) is 5.56. The van der Waals surface area contributed by atoms with Crippen molar-refractivity contribution in [1.29, 1.82) is 0 Å². The SMILES string of the molecule is Bc1cccc2c3c([nH]c12)CCNC3.